The second-order valence-corrected chi connectivity index (χ2v) is 5.74. The Morgan fingerprint density at radius 2 is 2.10 bits per heavy atom. The number of methoxy groups -OCH3 is 1. The van der Waals surface area contributed by atoms with E-state index in [-0.39, 0.29) is 12.1 Å². The van der Waals surface area contributed by atoms with Gasteiger partial charge in [-0.3, -0.25) is 0 Å². The number of nitrogens with one attached hydrogen (secondary N) is 1. The van der Waals surface area contributed by atoms with Gasteiger partial charge in [-0.2, -0.15) is 0 Å². The smallest absolute Gasteiger partial charge is 0.0978 e. The summed E-state index contributed by atoms with van der Waals surface area (Å²) >= 11 is 1.70. The Kier molecular flexibility index (Phi) is 6.18. The van der Waals surface area contributed by atoms with Gasteiger partial charge in [-0.1, -0.05) is 37.3 Å². The average molecular weight is 290 g/mol. The molecule has 0 bridgehead atoms. The molecule has 2 rings (SSSR count). The largest absolute Gasteiger partial charge is 0.375 e. The van der Waals surface area contributed by atoms with Crippen LogP contribution in [0.3, 0.4) is 0 Å². The van der Waals surface area contributed by atoms with E-state index in [1.807, 2.05) is 17.6 Å². The van der Waals surface area contributed by atoms with Crippen molar-refractivity contribution in [2.45, 2.75) is 31.9 Å². The molecule has 4 heteroatoms. The average Bonchev–Trinajstić information content (AvgIpc) is 2.99. The van der Waals surface area contributed by atoms with Crippen molar-refractivity contribution in [3.8, 4) is 0 Å². The number of rotatable bonds is 8. The summed E-state index contributed by atoms with van der Waals surface area (Å²) < 4.78 is 5.76. The Bertz CT molecular complexity index is 472. The minimum Gasteiger partial charge on any atom is -0.375 e. The van der Waals surface area contributed by atoms with E-state index >= 15 is 0 Å². The van der Waals surface area contributed by atoms with Gasteiger partial charge in [0, 0.05) is 31.1 Å². The number of nitrogens with zero attached hydrogens (tertiary/aromatic N) is 1. The third kappa shape index (κ3) is 4.13. The van der Waals surface area contributed by atoms with Crippen molar-refractivity contribution in [1.29, 1.82) is 0 Å². The Hall–Kier alpha value is -1.23. The molecule has 0 fully saturated rings. The maximum Gasteiger partial charge on any atom is 0.0978 e. The molecule has 2 unspecified atom stereocenters. The van der Waals surface area contributed by atoms with E-state index in [2.05, 4.69) is 41.5 Å². The van der Waals surface area contributed by atoms with E-state index in [1.54, 1.807) is 18.4 Å². The molecule has 0 saturated carbocycles. The fourth-order valence-corrected chi connectivity index (χ4v) is 3.01. The molecule has 0 amide bonds. The number of aromatic nitrogens is 1. The summed E-state index contributed by atoms with van der Waals surface area (Å²) in [5, 5.41) is 6.77. The van der Waals surface area contributed by atoms with Crippen molar-refractivity contribution in [2.24, 2.45) is 0 Å². The van der Waals surface area contributed by atoms with E-state index in [0.29, 0.717) is 0 Å². The van der Waals surface area contributed by atoms with Crippen molar-refractivity contribution in [2.75, 3.05) is 13.7 Å². The molecule has 1 N–H and O–H groups in total. The van der Waals surface area contributed by atoms with Gasteiger partial charge in [0.2, 0.25) is 0 Å². The number of ether oxygens (including phenoxy) is 1. The van der Waals surface area contributed by atoms with Gasteiger partial charge in [0.25, 0.3) is 0 Å². The van der Waals surface area contributed by atoms with Crippen molar-refractivity contribution in [3.05, 3.63) is 52.5 Å². The topological polar surface area (TPSA) is 34.2 Å². The van der Waals surface area contributed by atoms with Gasteiger partial charge in [-0.15, -0.1) is 11.3 Å². The molecule has 0 aliphatic carbocycles. The van der Waals surface area contributed by atoms with Gasteiger partial charge in [0.15, 0.2) is 0 Å². The van der Waals surface area contributed by atoms with Crippen LogP contribution in [-0.2, 0) is 11.2 Å². The first-order chi connectivity index (χ1) is 9.85. The minimum atomic E-state index is 0.0478. The zero-order valence-corrected chi connectivity index (χ0v) is 12.9. The van der Waals surface area contributed by atoms with Crippen LogP contribution in [0, 0.1) is 0 Å². The van der Waals surface area contributed by atoms with Crippen molar-refractivity contribution in [1.82, 2.24) is 10.3 Å². The molecule has 1 aromatic carbocycles. The van der Waals surface area contributed by atoms with Crippen LogP contribution in [0.25, 0.3) is 0 Å². The minimum absolute atomic E-state index is 0.0478. The van der Waals surface area contributed by atoms with Crippen LogP contribution < -0.4 is 5.32 Å². The lowest BCUT2D eigenvalue weighted by Crippen LogP contribution is -2.38. The molecule has 1 aromatic heterocycles. The maximum absolute atomic E-state index is 5.76. The van der Waals surface area contributed by atoms with Gasteiger partial charge < -0.3 is 10.1 Å². The summed E-state index contributed by atoms with van der Waals surface area (Å²) in [5.41, 5.74) is 1.21. The Balaban J connectivity index is 2.14. The van der Waals surface area contributed by atoms with Crippen LogP contribution in [0.1, 0.15) is 30.0 Å². The third-order valence-corrected chi connectivity index (χ3v) is 4.08. The molecule has 20 heavy (non-hydrogen) atoms. The quantitative estimate of drug-likeness (QED) is 0.808. The zero-order valence-electron chi connectivity index (χ0n) is 12.1. The highest BCUT2D eigenvalue weighted by Gasteiger charge is 2.23. The van der Waals surface area contributed by atoms with Gasteiger partial charge in [0.1, 0.15) is 0 Å². The molecular weight excluding hydrogens is 268 g/mol. The predicted molar refractivity (Wildman–Crippen MR) is 84.1 cm³/mol. The lowest BCUT2D eigenvalue weighted by Gasteiger charge is -2.27. The second kappa shape index (κ2) is 8.15. The van der Waals surface area contributed by atoms with Crippen LogP contribution in [0.15, 0.2) is 41.9 Å². The highest BCUT2D eigenvalue weighted by atomic mass is 32.1. The lowest BCUT2D eigenvalue weighted by molar-refractivity contribution is 0.0678. The molecule has 0 radical (unpaired) electrons. The zero-order chi connectivity index (χ0) is 14.2. The molecule has 3 nitrogen and oxygen atoms in total. The fourth-order valence-electron chi connectivity index (χ4n) is 2.33. The molecule has 1 heterocycles. The monoisotopic (exact) mass is 290 g/mol. The molecule has 108 valence electrons. The number of benzene rings is 1. The maximum atomic E-state index is 5.76. The van der Waals surface area contributed by atoms with Gasteiger partial charge in [-0.05, 0) is 18.5 Å². The fraction of sp³-hybridized carbons (Fsp3) is 0.438. The Labute approximate surface area is 125 Å². The van der Waals surface area contributed by atoms with E-state index in [4.69, 9.17) is 4.74 Å². The molecule has 0 aliphatic rings. The first-order valence-corrected chi connectivity index (χ1v) is 7.92. The van der Waals surface area contributed by atoms with Crippen LogP contribution in [0.5, 0.6) is 0 Å². The molecule has 0 saturated heterocycles. The number of thiazole rings is 1. The molecule has 0 aliphatic heterocycles. The molecule has 2 atom stereocenters. The Morgan fingerprint density at radius 1 is 1.30 bits per heavy atom. The van der Waals surface area contributed by atoms with E-state index in [9.17, 15) is 0 Å². The Morgan fingerprint density at radius 3 is 2.70 bits per heavy atom. The van der Waals surface area contributed by atoms with Crippen LogP contribution in [0.4, 0.5) is 0 Å². The molecule has 2 aromatic rings. The standard InChI is InChI=1S/C16H22N2OS/c1-3-9-17-14(12-15-18-10-11-20-15)16(19-2)13-7-5-4-6-8-13/h4-8,10-11,14,16-17H,3,9,12H2,1-2H3. The van der Waals surface area contributed by atoms with Gasteiger partial charge >= 0.3 is 0 Å². The predicted octanol–water partition coefficient (Wildman–Crippen LogP) is 3.44. The first-order valence-electron chi connectivity index (χ1n) is 7.04. The van der Waals surface area contributed by atoms with Crippen molar-refractivity contribution in [3.63, 3.8) is 0 Å². The summed E-state index contributed by atoms with van der Waals surface area (Å²) in [6.45, 7) is 3.17. The van der Waals surface area contributed by atoms with Crippen LogP contribution >= 0.6 is 11.3 Å². The number of hydrogen-bond donors (Lipinski definition) is 1. The second-order valence-electron chi connectivity index (χ2n) is 4.76. The molecular formula is C16H22N2OS. The van der Waals surface area contributed by atoms with E-state index in [1.165, 1.54) is 5.56 Å². The van der Waals surface area contributed by atoms with Crippen LogP contribution in [-0.4, -0.2) is 24.7 Å². The summed E-state index contributed by atoms with van der Waals surface area (Å²) in [7, 11) is 1.78. The van der Waals surface area contributed by atoms with Crippen molar-refractivity contribution < 1.29 is 4.74 Å². The highest BCUT2D eigenvalue weighted by molar-refractivity contribution is 7.09. The normalized spacial score (nSPS) is 14.1. The summed E-state index contributed by atoms with van der Waals surface area (Å²) in [6.07, 6.45) is 3.91. The summed E-state index contributed by atoms with van der Waals surface area (Å²) in [5.74, 6) is 0. The van der Waals surface area contributed by atoms with E-state index < -0.39 is 0 Å². The third-order valence-electron chi connectivity index (χ3n) is 3.28. The van der Waals surface area contributed by atoms with Crippen LogP contribution in [0.2, 0.25) is 0 Å². The first kappa shape index (κ1) is 15.2. The summed E-state index contributed by atoms with van der Waals surface area (Å²) in [4.78, 5) is 4.40. The number of hydrogen-bond acceptors (Lipinski definition) is 4. The van der Waals surface area contributed by atoms with E-state index in [0.717, 1.165) is 24.4 Å². The highest BCUT2D eigenvalue weighted by Crippen LogP contribution is 2.23. The van der Waals surface area contributed by atoms with Gasteiger partial charge in [0.05, 0.1) is 11.1 Å². The SMILES string of the molecule is CCCNC(Cc1nccs1)C(OC)c1ccccc1. The van der Waals surface area contributed by atoms with Crippen molar-refractivity contribution >= 4 is 11.3 Å². The lowest BCUT2D eigenvalue weighted by atomic mass is 9.99. The molecule has 0 spiro atoms. The summed E-state index contributed by atoms with van der Waals surface area (Å²) in [6, 6.07) is 10.6. The van der Waals surface area contributed by atoms with Gasteiger partial charge in [-0.25, -0.2) is 4.98 Å².